The number of anilines is 1. The van der Waals surface area contributed by atoms with Crippen molar-refractivity contribution in [2.75, 3.05) is 57.9 Å². The van der Waals surface area contributed by atoms with Gasteiger partial charge in [-0.05, 0) is 37.6 Å². The molecule has 31 heavy (non-hydrogen) atoms. The Morgan fingerprint density at radius 2 is 2.13 bits per heavy atom. The second kappa shape index (κ2) is 10.1. The van der Waals surface area contributed by atoms with Crippen molar-refractivity contribution in [3.63, 3.8) is 0 Å². The number of nitrogens with one attached hydrogen (secondary N) is 2. The molecule has 0 aromatic carbocycles. The van der Waals surface area contributed by atoms with E-state index < -0.39 is 0 Å². The van der Waals surface area contributed by atoms with Gasteiger partial charge in [0.25, 0.3) is 0 Å². The number of rotatable bonds is 6. The van der Waals surface area contributed by atoms with Crippen LogP contribution in [0.15, 0.2) is 39.9 Å². The van der Waals surface area contributed by atoms with E-state index in [-0.39, 0.29) is 17.9 Å². The minimum atomic E-state index is -0.284. The Bertz CT molecular complexity index is 882. The van der Waals surface area contributed by atoms with Gasteiger partial charge in [-0.1, -0.05) is 0 Å². The summed E-state index contributed by atoms with van der Waals surface area (Å²) >= 11 is 0. The molecule has 8 nitrogen and oxygen atoms in total. The number of aromatic nitrogens is 1. The molecule has 2 unspecified atom stereocenters. The molecular weight excluding hydrogens is 399 g/mol. The smallest absolute Gasteiger partial charge is 0.191 e. The van der Waals surface area contributed by atoms with Crippen LogP contribution in [0.3, 0.4) is 0 Å². The first kappa shape index (κ1) is 21.6. The Balaban J connectivity index is 1.35. The first-order valence-corrected chi connectivity index (χ1v) is 10.8. The molecule has 0 spiro atoms. The lowest BCUT2D eigenvalue weighted by Gasteiger charge is -2.33. The van der Waals surface area contributed by atoms with Gasteiger partial charge < -0.3 is 24.7 Å². The maximum Gasteiger partial charge on any atom is 0.191 e. The molecule has 168 valence electrons. The molecule has 9 heteroatoms. The van der Waals surface area contributed by atoms with E-state index in [0.717, 1.165) is 56.7 Å². The molecule has 0 aliphatic carbocycles. The molecule has 4 heterocycles. The molecule has 0 amide bonds. The van der Waals surface area contributed by atoms with Crippen LogP contribution in [0.1, 0.15) is 24.0 Å². The molecule has 2 atom stereocenters. The predicted molar refractivity (Wildman–Crippen MR) is 118 cm³/mol. The minimum absolute atomic E-state index is 0.0961. The lowest BCUT2D eigenvalue weighted by molar-refractivity contribution is 0.0124. The fraction of sp³-hybridized carbons (Fsp3) is 0.545. The number of hydrogen-bond donors (Lipinski definition) is 2. The Kier molecular flexibility index (Phi) is 7.03. The van der Waals surface area contributed by atoms with Gasteiger partial charge in [0.05, 0.1) is 19.3 Å². The number of aryl methyl sites for hydroxylation is 1. The number of pyridine rings is 1. The van der Waals surface area contributed by atoms with E-state index in [0.29, 0.717) is 18.9 Å². The van der Waals surface area contributed by atoms with Gasteiger partial charge in [0, 0.05) is 52.0 Å². The van der Waals surface area contributed by atoms with Gasteiger partial charge in [-0.3, -0.25) is 9.89 Å². The van der Waals surface area contributed by atoms with Crippen molar-refractivity contribution in [2.24, 2.45) is 4.99 Å². The maximum atomic E-state index is 14.1. The zero-order valence-corrected chi connectivity index (χ0v) is 18.2. The minimum Gasteiger partial charge on any atom is -0.465 e. The van der Waals surface area contributed by atoms with Crippen molar-refractivity contribution in [1.29, 1.82) is 0 Å². The van der Waals surface area contributed by atoms with Crippen molar-refractivity contribution in [3.8, 4) is 0 Å². The van der Waals surface area contributed by atoms with Crippen LogP contribution < -0.4 is 15.5 Å². The summed E-state index contributed by atoms with van der Waals surface area (Å²) in [6.07, 6.45) is 2.52. The summed E-state index contributed by atoms with van der Waals surface area (Å²) in [6, 6.07) is 7.37. The highest BCUT2D eigenvalue weighted by Crippen LogP contribution is 2.24. The zero-order chi connectivity index (χ0) is 21.6. The molecule has 0 bridgehead atoms. The fourth-order valence-corrected chi connectivity index (χ4v) is 4.19. The lowest BCUT2D eigenvalue weighted by atomic mass is 10.1. The number of furan rings is 1. The number of nitrogens with zero attached hydrogens (tertiary/aromatic N) is 4. The molecule has 0 saturated carbocycles. The normalized spacial score (nSPS) is 21.3. The molecule has 2 saturated heterocycles. The number of aliphatic imine (C=N–C) groups is 1. The third-order valence-corrected chi connectivity index (χ3v) is 5.83. The maximum absolute atomic E-state index is 14.1. The zero-order valence-electron chi connectivity index (χ0n) is 18.2. The van der Waals surface area contributed by atoms with Crippen molar-refractivity contribution in [1.82, 2.24) is 20.5 Å². The summed E-state index contributed by atoms with van der Waals surface area (Å²) in [6.45, 7) is 7.25. The Morgan fingerprint density at radius 1 is 1.29 bits per heavy atom. The topological polar surface area (TPSA) is 78.2 Å². The molecule has 2 aliphatic heterocycles. The van der Waals surface area contributed by atoms with E-state index >= 15 is 0 Å². The van der Waals surface area contributed by atoms with Crippen molar-refractivity contribution < 1.29 is 13.5 Å². The van der Waals surface area contributed by atoms with Crippen LogP contribution >= 0.6 is 0 Å². The summed E-state index contributed by atoms with van der Waals surface area (Å²) in [5, 5.41) is 6.93. The molecule has 2 aromatic heterocycles. The summed E-state index contributed by atoms with van der Waals surface area (Å²) in [4.78, 5) is 12.9. The Hall–Kier alpha value is -2.65. The number of morpholine rings is 1. The summed E-state index contributed by atoms with van der Waals surface area (Å²) < 4.78 is 25.5. The van der Waals surface area contributed by atoms with E-state index in [1.807, 2.05) is 24.0 Å². The quantitative estimate of drug-likeness (QED) is 0.536. The number of hydrogen-bond acceptors (Lipinski definition) is 6. The van der Waals surface area contributed by atoms with E-state index in [4.69, 9.17) is 9.15 Å². The van der Waals surface area contributed by atoms with Crippen LogP contribution in [0.5, 0.6) is 0 Å². The van der Waals surface area contributed by atoms with Gasteiger partial charge in [-0.15, -0.1) is 0 Å². The number of halogens is 1. The number of ether oxygens (including phenoxy) is 1. The van der Waals surface area contributed by atoms with Crippen LogP contribution in [0.25, 0.3) is 0 Å². The second-order valence-electron chi connectivity index (χ2n) is 7.95. The third-order valence-electron chi connectivity index (χ3n) is 5.83. The van der Waals surface area contributed by atoms with Crippen molar-refractivity contribution in [2.45, 2.75) is 25.4 Å². The average Bonchev–Trinajstić information content (AvgIpc) is 3.43. The average molecular weight is 431 g/mol. The van der Waals surface area contributed by atoms with Gasteiger partial charge in [-0.25, -0.2) is 9.37 Å². The first-order chi connectivity index (χ1) is 15.1. The fourth-order valence-electron chi connectivity index (χ4n) is 4.19. The van der Waals surface area contributed by atoms with E-state index in [1.165, 1.54) is 6.07 Å². The standard InChI is InChI=1S/C22H31FN6O2/c1-16-5-6-20(31-16)19(28-10-12-30-13-11-28)14-26-22(24-2)27-17-7-9-29(15-17)21-18(23)4-3-8-25-21/h3-6,8,17,19H,7,9-15H2,1-2H3,(H2,24,26,27). The largest absolute Gasteiger partial charge is 0.465 e. The summed E-state index contributed by atoms with van der Waals surface area (Å²) in [5.74, 6) is 2.71. The van der Waals surface area contributed by atoms with Crippen LogP contribution in [-0.2, 0) is 4.74 Å². The van der Waals surface area contributed by atoms with E-state index in [2.05, 4.69) is 25.5 Å². The van der Waals surface area contributed by atoms with Crippen LogP contribution in [-0.4, -0.2) is 74.9 Å². The molecule has 2 N–H and O–H groups in total. The van der Waals surface area contributed by atoms with Gasteiger partial charge >= 0.3 is 0 Å². The summed E-state index contributed by atoms with van der Waals surface area (Å²) in [5.41, 5.74) is 0. The Morgan fingerprint density at radius 3 is 2.84 bits per heavy atom. The van der Waals surface area contributed by atoms with Gasteiger partial charge in [0.15, 0.2) is 17.6 Å². The summed E-state index contributed by atoms with van der Waals surface area (Å²) in [7, 11) is 1.77. The Labute approximate surface area is 182 Å². The SMILES string of the molecule is CN=C(NCC(c1ccc(C)o1)N1CCOCC1)NC1CCN(c2ncccc2F)C1. The third kappa shape index (κ3) is 5.34. The molecular formula is C22H31FN6O2. The highest BCUT2D eigenvalue weighted by Gasteiger charge is 2.28. The second-order valence-corrected chi connectivity index (χ2v) is 7.95. The van der Waals surface area contributed by atoms with Gasteiger partial charge in [-0.2, -0.15) is 0 Å². The molecule has 4 rings (SSSR count). The van der Waals surface area contributed by atoms with Crippen molar-refractivity contribution >= 4 is 11.8 Å². The molecule has 2 fully saturated rings. The molecule has 0 radical (unpaired) electrons. The van der Waals surface area contributed by atoms with Gasteiger partial charge in [0.2, 0.25) is 0 Å². The van der Waals surface area contributed by atoms with Crippen molar-refractivity contribution in [3.05, 3.63) is 47.8 Å². The van der Waals surface area contributed by atoms with Gasteiger partial charge in [0.1, 0.15) is 11.5 Å². The highest BCUT2D eigenvalue weighted by atomic mass is 19.1. The predicted octanol–water partition coefficient (Wildman–Crippen LogP) is 1.94. The molecule has 2 aliphatic rings. The molecule has 2 aromatic rings. The van der Waals surface area contributed by atoms with E-state index in [1.54, 1.807) is 19.3 Å². The van der Waals surface area contributed by atoms with E-state index in [9.17, 15) is 4.39 Å². The highest BCUT2D eigenvalue weighted by molar-refractivity contribution is 5.80. The van der Waals surface area contributed by atoms with Crippen LogP contribution in [0.4, 0.5) is 10.2 Å². The monoisotopic (exact) mass is 430 g/mol. The lowest BCUT2D eigenvalue weighted by Crippen LogP contribution is -2.48. The van der Waals surface area contributed by atoms with Crippen LogP contribution in [0, 0.1) is 12.7 Å². The first-order valence-electron chi connectivity index (χ1n) is 10.8. The van der Waals surface area contributed by atoms with Crippen LogP contribution in [0.2, 0.25) is 0 Å². The number of guanidine groups is 1.